The maximum atomic E-state index is 12.9. The number of carbonyl (C=O) groups is 1. The van der Waals surface area contributed by atoms with Gasteiger partial charge in [0.2, 0.25) is 0 Å². The molecule has 0 amide bonds. The second-order valence-electron chi connectivity index (χ2n) is 6.12. The van der Waals surface area contributed by atoms with E-state index in [1.807, 2.05) is 27.7 Å². The molecule has 0 rings (SSSR count). The predicted molar refractivity (Wildman–Crippen MR) is 92.0 cm³/mol. The number of rotatable bonds is 12. The lowest BCUT2D eigenvalue weighted by Crippen LogP contribution is -2.58. The highest BCUT2D eigenvalue weighted by atomic mass is 16.1. The zero-order valence-electron chi connectivity index (χ0n) is 14.5. The number of ketones is 1. The first-order valence-corrected chi connectivity index (χ1v) is 8.10. The molecule has 22 heavy (non-hydrogen) atoms. The molecule has 0 saturated heterocycles. The largest absolute Gasteiger partial charge is 0.370 e. The summed E-state index contributed by atoms with van der Waals surface area (Å²) in [5.41, 5.74) is 10.2. The highest BCUT2D eigenvalue weighted by Crippen LogP contribution is 2.15. The molecule has 0 aromatic heterocycles. The molecule has 0 spiro atoms. The van der Waals surface area contributed by atoms with Crippen LogP contribution in [0.5, 0.6) is 0 Å². The van der Waals surface area contributed by atoms with Gasteiger partial charge in [0, 0.05) is 12.6 Å². The van der Waals surface area contributed by atoms with E-state index in [2.05, 4.69) is 16.0 Å². The molecule has 0 fully saturated rings. The minimum atomic E-state index is -0.571. The monoisotopic (exact) mass is 314 g/mol. The van der Waals surface area contributed by atoms with Crippen LogP contribution in [0.25, 0.3) is 0 Å². The van der Waals surface area contributed by atoms with Crippen LogP contribution < -0.4 is 27.4 Å². The summed E-state index contributed by atoms with van der Waals surface area (Å²) in [7, 11) is 0. The third-order valence-corrected chi connectivity index (χ3v) is 3.75. The summed E-state index contributed by atoms with van der Waals surface area (Å²) < 4.78 is 0. The molecular formula is C15H34N6O. The van der Waals surface area contributed by atoms with Gasteiger partial charge in [0.15, 0.2) is 11.7 Å². The van der Waals surface area contributed by atoms with E-state index < -0.39 is 5.54 Å². The Morgan fingerprint density at radius 1 is 1.32 bits per heavy atom. The number of hydrogen-bond acceptors (Lipinski definition) is 5. The van der Waals surface area contributed by atoms with Gasteiger partial charge in [-0.15, -0.1) is 0 Å². The van der Waals surface area contributed by atoms with E-state index >= 15 is 0 Å². The molecule has 0 aliphatic heterocycles. The van der Waals surface area contributed by atoms with Crippen molar-refractivity contribution in [2.24, 2.45) is 11.5 Å². The van der Waals surface area contributed by atoms with Crippen LogP contribution in [-0.4, -0.2) is 49.0 Å². The minimum absolute atomic E-state index is 0.0740. The SMILES string of the molecule is CCC(C)(NCCCN)C(=O)C(CCNC(=N)N)NC(C)C. The Morgan fingerprint density at radius 3 is 2.41 bits per heavy atom. The number of hydrogen-bond donors (Lipinski definition) is 6. The molecular weight excluding hydrogens is 280 g/mol. The maximum absolute atomic E-state index is 12.9. The van der Waals surface area contributed by atoms with Crippen molar-refractivity contribution in [3.8, 4) is 0 Å². The van der Waals surface area contributed by atoms with Crippen LogP contribution >= 0.6 is 0 Å². The summed E-state index contributed by atoms with van der Waals surface area (Å²) in [5.74, 6) is 0.0705. The second-order valence-corrected chi connectivity index (χ2v) is 6.12. The van der Waals surface area contributed by atoms with Crippen LogP contribution in [0.2, 0.25) is 0 Å². The Labute approximate surface area is 134 Å². The van der Waals surface area contributed by atoms with E-state index in [9.17, 15) is 4.79 Å². The van der Waals surface area contributed by atoms with Crippen LogP contribution in [0.1, 0.15) is 47.0 Å². The molecule has 0 aliphatic carbocycles. The Balaban J connectivity index is 4.83. The first-order valence-electron chi connectivity index (χ1n) is 8.10. The van der Waals surface area contributed by atoms with Crippen molar-refractivity contribution in [2.75, 3.05) is 19.6 Å². The third kappa shape index (κ3) is 7.72. The minimum Gasteiger partial charge on any atom is -0.370 e. The normalized spacial score (nSPS) is 15.4. The summed E-state index contributed by atoms with van der Waals surface area (Å²) >= 11 is 0. The molecule has 0 aromatic carbocycles. The van der Waals surface area contributed by atoms with Gasteiger partial charge < -0.3 is 27.4 Å². The van der Waals surface area contributed by atoms with Crippen LogP contribution in [0.3, 0.4) is 0 Å². The van der Waals surface area contributed by atoms with Gasteiger partial charge in [-0.3, -0.25) is 10.2 Å². The van der Waals surface area contributed by atoms with Crippen molar-refractivity contribution >= 4 is 11.7 Å². The molecule has 0 bridgehead atoms. The number of Topliss-reactive ketones (excluding diaryl/α,β-unsaturated/α-hetero) is 1. The predicted octanol–water partition coefficient (Wildman–Crippen LogP) is -0.0976. The molecule has 0 aliphatic rings. The molecule has 8 N–H and O–H groups in total. The van der Waals surface area contributed by atoms with Gasteiger partial charge in [-0.2, -0.15) is 0 Å². The lowest BCUT2D eigenvalue weighted by Gasteiger charge is -2.33. The summed E-state index contributed by atoms with van der Waals surface area (Å²) in [5, 5.41) is 16.6. The highest BCUT2D eigenvalue weighted by Gasteiger charge is 2.35. The fourth-order valence-corrected chi connectivity index (χ4v) is 2.28. The lowest BCUT2D eigenvalue weighted by atomic mass is 9.87. The van der Waals surface area contributed by atoms with Crippen LogP contribution in [0.4, 0.5) is 0 Å². The van der Waals surface area contributed by atoms with Gasteiger partial charge in [-0.25, -0.2) is 0 Å². The number of carbonyl (C=O) groups excluding carboxylic acids is 1. The first-order chi connectivity index (χ1) is 10.3. The van der Waals surface area contributed by atoms with E-state index in [4.69, 9.17) is 16.9 Å². The van der Waals surface area contributed by atoms with E-state index in [-0.39, 0.29) is 23.8 Å². The molecule has 0 aromatic rings. The fourth-order valence-electron chi connectivity index (χ4n) is 2.28. The van der Waals surface area contributed by atoms with E-state index in [0.717, 1.165) is 13.0 Å². The Morgan fingerprint density at radius 2 is 1.95 bits per heavy atom. The van der Waals surface area contributed by atoms with Crippen molar-refractivity contribution in [2.45, 2.75) is 64.6 Å². The topological polar surface area (TPSA) is 129 Å². The Bertz CT molecular complexity index is 347. The third-order valence-electron chi connectivity index (χ3n) is 3.75. The standard InChI is InChI=1S/C15H34N6O/c1-5-15(4,20-9-6-8-16)13(22)12(21-11(2)3)7-10-19-14(17)18/h11-12,20-21H,5-10,16H2,1-4H3,(H4,17,18,19). The van der Waals surface area contributed by atoms with E-state index in [1.54, 1.807) is 0 Å². The zero-order valence-corrected chi connectivity index (χ0v) is 14.5. The van der Waals surface area contributed by atoms with Crippen LogP contribution in [0, 0.1) is 5.41 Å². The van der Waals surface area contributed by atoms with Crippen molar-refractivity contribution in [3.63, 3.8) is 0 Å². The van der Waals surface area contributed by atoms with Gasteiger partial charge in [-0.1, -0.05) is 20.8 Å². The number of nitrogens with one attached hydrogen (secondary N) is 4. The highest BCUT2D eigenvalue weighted by molar-refractivity contribution is 5.92. The molecule has 2 atom stereocenters. The average molecular weight is 314 g/mol. The Hall–Kier alpha value is -1.18. The van der Waals surface area contributed by atoms with Gasteiger partial charge in [0.25, 0.3) is 0 Å². The van der Waals surface area contributed by atoms with E-state index in [1.165, 1.54) is 0 Å². The smallest absolute Gasteiger partial charge is 0.185 e. The molecule has 7 heteroatoms. The van der Waals surface area contributed by atoms with Crippen molar-refractivity contribution in [3.05, 3.63) is 0 Å². The van der Waals surface area contributed by atoms with Crippen molar-refractivity contribution in [1.29, 1.82) is 5.41 Å². The maximum Gasteiger partial charge on any atom is 0.185 e. The molecule has 0 heterocycles. The molecule has 130 valence electrons. The molecule has 7 nitrogen and oxygen atoms in total. The van der Waals surface area contributed by atoms with Crippen molar-refractivity contribution < 1.29 is 4.79 Å². The molecule has 2 unspecified atom stereocenters. The lowest BCUT2D eigenvalue weighted by molar-refractivity contribution is -0.127. The number of nitrogens with two attached hydrogens (primary N) is 2. The van der Waals surface area contributed by atoms with Gasteiger partial charge in [0.1, 0.15) is 0 Å². The van der Waals surface area contributed by atoms with Crippen LogP contribution in [0.15, 0.2) is 0 Å². The first kappa shape index (κ1) is 20.8. The summed E-state index contributed by atoms with van der Waals surface area (Å²) in [6, 6.07) is -0.0707. The van der Waals surface area contributed by atoms with Crippen LogP contribution in [-0.2, 0) is 4.79 Å². The van der Waals surface area contributed by atoms with E-state index in [0.29, 0.717) is 25.9 Å². The van der Waals surface area contributed by atoms with Gasteiger partial charge in [0.05, 0.1) is 11.6 Å². The summed E-state index contributed by atoms with van der Waals surface area (Å²) in [6.45, 7) is 9.82. The molecule has 0 saturated carbocycles. The van der Waals surface area contributed by atoms with Gasteiger partial charge >= 0.3 is 0 Å². The second kappa shape index (κ2) is 10.5. The average Bonchev–Trinajstić information content (AvgIpc) is 2.44. The quantitative estimate of drug-likeness (QED) is 0.170. The van der Waals surface area contributed by atoms with Gasteiger partial charge in [-0.05, 0) is 39.3 Å². The number of guanidine groups is 1. The summed E-state index contributed by atoms with van der Waals surface area (Å²) in [6.07, 6.45) is 2.15. The molecule has 0 radical (unpaired) electrons. The Kier molecular flexibility index (Phi) is 9.97. The summed E-state index contributed by atoms with van der Waals surface area (Å²) in [4.78, 5) is 12.9. The van der Waals surface area contributed by atoms with Crippen molar-refractivity contribution in [1.82, 2.24) is 16.0 Å². The zero-order chi connectivity index (χ0) is 17.2. The fraction of sp³-hybridized carbons (Fsp3) is 0.867.